The zero-order valence-electron chi connectivity index (χ0n) is 13.7. The lowest BCUT2D eigenvalue weighted by Gasteiger charge is -2.28. The molecule has 0 saturated carbocycles. The summed E-state index contributed by atoms with van der Waals surface area (Å²) in [5.41, 5.74) is -0.558. The Hall–Kier alpha value is -1.39. The molecule has 2 nitrogen and oxygen atoms in total. The van der Waals surface area contributed by atoms with Crippen molar-refractivity contribution in [1.29, 1.82) is 0 Å². The van der Waals surface area contributed by atoms with E-state index in [4.69, 9.17) is 0 Å². The Kier molecular flexibility index (Phi) is 7.61. The van der Waals surface area contributed by atoms with Crippen molar-refractivity contribution < 1.29 is 13.2 Å². The molecule has 0 radical (unpaired) electrons. The van der Waals surface area contributed by atoms with Gasteiger partial charge >= 0.3 is 6.18 Å². The van der Waals surface area contributed by atoms with Gasteiger partial charge in [-0.15, -0.1) is 0 Å². The first-order valence-electron chi connectivity index (χ1n) is 7.11. The highest BCUT2D eigenvalue weighted by Crippen LogP contribution is 2.43. The molecular formula is C16H25F3N2. The van der Waals surface area contributed by atoms with Crippen molar-refractivity contribution >= 4 is 6.08 Å². The third kappa shape index (κ3) is 5.86. The van der Waals surface area contributed by atoms with E-state index in [1.54, 1.807) is 6.92 Å². The van der Waals surface area contributed by atoms with Crippen molar-refractivity contribution in [2.75, 3.05) is 0 Å². The molecule has 0 aliphatic rings. The average Bonchev–Trinajstić information content (AvgIpc) is 2.40. The molecule has 0 aliphatic heterocycles. The molecule has 0 unspecified atom stereocenters. The highest BCUT2D eigenvalue weighted by Gasteiger charge is 2.48. The molecule has 0 amide bonds. The van der Waals surface area contributed by atoms with Crippen LogP contribution < -0.4 is 0 Å². The number of nitrogens with zero attached hydrogens (tertiary/aromatic N) is 2. The van der Waals surface area contributed by atoms with Gasteiger partial charge in [0.2, 0.25) is 0 Å². The lowest BCUT2D eigenvalue weighted by atomic mass is 9.84. The molecule has 21 heavy (non-hydrogen) atoms. The normalized spacial score (nSPS) is 12.7. The minimum atomic E-state index is -4.27. The van der Waals surface area contributed by atoms with E-state index in [2.05, 4.69) is 23.8 Å². The van der Waals surface area contributed by atoms with Gasteiger partial charge in [0, 0.05) is 12.4 Å². The first-order chi connectivity index (χ1) is 9.57. The predicted octanol–water partition coefficient (Wildman–Crippen LogP) is 5.58. The van der Waals surface area contributed by atoms with E-state index < -0.39 is 11.6 Å². The van der Waals surface area contributed by atoms with Gasteiger partial charge in [-0.2, -0.15) is 13.2 Å². The van der Waals surface area contributed by atoms with E-state index in [9.17, 15) is 13.2 Å². The minimum Gasteiger partial charge on any atom is -0.258 e. The fourth-order valence-corrected chi connectivity index (χ4v) is 1.17. The van der Waals surface area contributed by atoms with Gasteiger partial charge in [-0.25, -0.2) is 0 Å². The van der Waals surface area contributed by atoms with Crippen LogP contribution >= 0.6 is 0 Å². The number of unbranched alkanes of at least 4 members (excludes halogenated alkanes) is 1. The summed E-state index contributed by atoms with van der Waals surface area (Å²) in [5.74, 6) is 0. The molecule has 0 fully saturated rings. The Balaban J connectivity index is 0.000000885. The highest BCUT2D eigenvalue weighted by atomic mass is 19.4. The number of rotatable bonds is 3. The molecule has 120 valence electrons. The lowest BCUT2D eigenvalue weighted by Crippen LogP contribution is -2.33. The standard InChI is InChI=1S/C12H15F3N2.C4H10/c1-8(11(3,4)12(13,14)15)7-10-9(2)16-5-6-17-10;1-3-4-2/h5-7H,1-4H3;3-4H2,1-2H3/b8-7+;. The fourth-order valence-electron chi connectivity index (χ4n) is 1.17. The Morgan fingerprint density at radius 1 is 1.10 bits per heavy atom. The molecule has 0 aliphatic carbocycles. The molecule has 0 bridgehead atoms. The van der Waals surface area contributed by atoms with Crippen LogP contribution in [0.1, 0.15) is 58.8 Å². The average molecular weight is 302 g/mol. The van der Waals surface area contributed by atoms with Crippen LogP contribution in [0.5, 0.6) is 0 Å². The third-order valence-corrected chi connectivity index (χ3v) is 3.47. The Morgan fingerprint density at radius 3 is 1.95 bits per heavy atom. The number of halogens is 3. The van der Waals surface area contributed by atoms with Gasteiger partial charge in [0.05, 0.1) is 16.8 Å². The fraction of sp³-hybridized carbons (Fsp3) is 0.625. The van der Waals surface area contributed by atoms with Crippen LogP contribution in [0.4, 0.5) is 13.2 Å². The van der Waals surface area contributed by atoms with Crippen LogP contribution in [0, 0.1) is 12.3 Å². The van der Waals surface area contributed by atoms with E-state index in [-0.39, 0.29) is 5.57 Å². The molecular weight excluding hydrogens is 277 g/mol. The van der Waals surface area contributed by atoms with Crippen molar-refractivity contribution in [3.05, 3.63) is 29.4 Å². The van der Waals surface area contributed by atoms with Gasteiger partial charge in [0.1, 0.15) is 0 Å². The van der Waals surface area contributed by atoms with Crippen molar-refractivity contribution in [3.63, 3.8) is 0 Å². The summed E-state index contributed by atoms with van der Waals surface area (Å²) in [6.07, 6.45) is 2.78. The van der Waals surface area contributed by atoms with Gasteiger partial charge in [-0.1, -0.05) is 32.3 Å². The van der Waals surface area contributed by atoms with Crippen LogP contribution in [0.2, 0.25) is 0 Å². The highest BCUT2D eigenvalue weighted by molar-refractivity contribution is 5.51. The van der Waals surface area contributed by atoms with Crippen molar-refractivity contribution in [3.8, 4) is 0 Å². The second kappa shape index (κ2) is 8.15. The second-order valence-corrected chi connectivity index (χ2v) is 5.48. The summed E-state index contributed by atoms with van der Waals surface area (Å²) in [6.45, 7) is 9.85. The van der Waals surface area contributed by atoms with Crippen LogP contribution in [-0.4, -0.2) is 16.1 Å². The summed E-state index contributed by atoms with van der Waals surface area (Å²) in [6, 6.07) is 0. The minimum absolute atomic E-state index is 0.216. The molecule has 1 rings (SSSR count). The molecule has 0 N–H and O–H groups in total. The lowest BCUT2D eigenvalue weighted by molar-refractivity contribution is -0.197. The molecule has 0 spiro atoms. The largest absolute Gasteiger partial charge is 0.397 e. The number of aryl methyl sites for hydroxylation is 1. The number of hydrogen-bond donors (Lipinski definition) is 0. The predicted molar refractivity (Wildman–Crippen MR) is 80.8 cm³/mol. The van der Waals surface area contributed by atoms with Crippen molar-refractivity contribution in [2.45, 2.75) is 60.6 Å². The van der Waals surface area contributed by atoms with Gasteiger partial charge in [-0.05, 0) is 33.8 Å². The maximum atomic E-state index is 12.8. The molecule has 0 aromatic carbocycles. The molecule has 0 atom stereocenters. The first kappa shape index (κ1) is 19.6. The molecule has 0 saturated heterocycles. The Labute approximate surface area is 125 Å². The van der Waals surface area contributed by atoms with Crippen molar-refractivity contribution in [2.24, 2.45) is 5.41 Å². The van der Waals surface area contributed by atoms with Gasteiger partial charge in [0.25, 0.3) is 0 Å². The number of hydrogen-bond acceptors (Lipinski definition) is 2. The molecule has 1 aromatic rings. The zero-order chi connectivity index (χ0) is 16.7. The molecule has 1 aromatic heterocycles. The maximum absolute atomic E-state index is 12.8. The zero-order valence-corrected chi connectivity index (χ0v) is 13.7. The van der Waals surface area contributed by atoms with Crippen LogP contribution in [-0.2, 0) is 0 Å². The topological polar surface area (TPSA) is 25.8 Å². The first-order valence-corrected chi connectivity index (χ1v) is 7.11. The number of aromatic nitrogens is 2. The summed E-state index contributed by atoms with van der Waals surface area (Å²) in [5, 5.41) is 0. The van der Waals surface area contributed by atoms with Crippen LogP contribution in [0.15, 0.2) is 18.0 Å². The number of alkyl halides is 3. The van der Waals surface area contributed by atoms with Gasteiger partial charge in [0.15, 0.2) is 0 Å². The quantitative estimate of drug-likeness (QED) is 0.728. The third-order valence-electron chi connectivity index (χ3n) is 3.47. The van der Waals surface area contributed by atoms with E-state index in [1.807, 2.05) is 0 Å². The summed E-state index contributed by atoms with van der Waals surface area (Å²) in [4.78, 5) is 8.00. The van der Waals surface area contributed by atoms with E-state index in [0.717, 1.165) is 13.8 Å². The van der Waals surface area contributed by atoms with E-state index in [1.165, 1.54) is 38.2 Å². The second-order valence-electron chi connectivity index (χ2n) is 5.48. The monoisotopic (exact) mass is 302 g/mol. The maximum Gasteiger partial charge on any atom is 0.397 e. The Morgan fingerprint density at radius 2 is 1.57 bits per heavy atom. The van der Waals surface area contributed by atoms with E-state index in [0.29, 0.717) is 11.4 Å². The van der Waals surface area contributed by atoms with Gasteiger partial charge < -0.3 is 0 Å². The van der Waals surface area contributed by atoms with Crippen LogP contribution in [0.3, 0.4) is 0 Å². The Bertz CT molecular complexity index is 461. The summed E-state index contributed by atoms with van der Waals surface area (Å²) in [7, 11) is 0. The number of allylic oxidation sites excluding steroid dienone is 1. The van der Waals surface area contributed by atoms with Crippen LogP contribution in [0.25, 0.3) is 6.08 Å². The van der Waals surface area contributed by atoms with Gasteiger partial charge in [-0.3, -0.25) is 9.97 Å². The summed E-state index contributed by atoms with van der Waals surface area (Å²) >= 11 is 0. The van der Waals surface area contributed by atoms with E-state index >= 15 is 0 Å². The SMILES string of the molecule is C/C(=C\c1nccnc1C)C(C)(C)C(F)(F)F.CCCC. The molecule has 5 heteroatoms. The smallest absolute Gasteiger partial charge is 0.258 e. The summed E-state index contributed by atoms with van der Waals surface area (Å²) < 4.78 is 38.4. The van der Waals surface area contributed by atoms with Crippen molar-refractivity contribution in [1.82, 2.24) is 9.97 Å². The molecule has 1 heterocycles.